The van der Waals surface area contributed by atoms with Crippen molar-refractivity contribution >= 4 is 23.2 Å². The quantitative estimate of drug-likeness (QED) is 0.879. The molecule has 6 nitrogen and oxygen atoms in total. The Kier molecular flexibility index (Phi) is 3.92. The Morgan fingerprint density at radius 2 is 1.84 bits per heavy atom. The highest BCUT2D eigenvalue weighted by atomic mass is 16.5. The fraction of sp³-hybridized carbons (Fsp3) is 0.154. The van der Waals surface area contributed by atoms with Crippen LogP contribution in [0, 0.1) is 0 Å². The summed E-state index contributed by atoms with van der Waals surface area (Å²) in [5, 5.41) is 5.74. The first-order chi connectivity index (χ1) is 9.17. The molecule has 1 amide bonds. The third-order valence-corrected chi connectivity index (χ3v) is 2.30. The Morgan fingerprint density at radius 1 is 1.16 bits per heavy atom. The molecule has 2 aromatic rings. The van der Waals surface area contributed by atoms with E-state index in [0.29, 0.717) is 11.8 Å². The van der Waals surface area contributed by atoms with Crippen LogP contribution in [0.15, 0.2) is 36.5 Å². The van der Waals surface area contributed by atoms with Gasteiger partial charge in [0.1, 0.15) is 0 Å². The molecule has 2 N–H and O–H groups in total. The number of ether oxygens (including phenoxy) is 1. The predicted octanol–water partition coefficient (Wildman–Crippen LogP) is 2.19. The number of carbonyl (C=O) groups excluding carboxylic acids is 1. The number of benzene rings is 1. The summed E-state index contributed by atoms with van der Waals surface area (Å²) >= 11 is 0. The van der Waals surface area contributed by atoms with Crippen LogP contribution >= 0.6 is 0 Å². The van der Waals surface area contributed by atoms with Gasteiger partial charge in [0.25, 0.3) is 0 Å². The zero-order valence-electron chi connectivity index (χ0n) is 10.7. The summed E-state index contributed by atoms with van der Waals surface area (Å²) in [5.74, 6) is 0.843. The SMILES string of the molecule is COc1ccnc(Nc2ccc(NC(C)=O)cc2)n1. The van der Waals surface area contributed by atoms with E-state index in [1.807, 2.05) is 12.1 Å². The average molecular weight is 258 g/mol. The first kappa shape index (κ1) is 12.8. The second-order valence-electron chi connectivity index (χ2n) is 3.81. The Labute approximate surface area is 110 Å². The van der Waals surface area contributed by atoms with Gasteiger partial charge in [0.15, 0.2) is 0 Å². The van der Waals surface area contributed by atoms with Crippen LogP contribution in [0.2, 0.25) is 0 Å². The van der Waals surface area contributed by atoms with Crippen molar-refractivity contribution in [2.24, 2.45) is 0 Å². The lowest BCUT2D eigenvalue weighted by Crippen LogP contribution is -2.05. The van der Waals surface area contributed by atoms with E-state index in [9.17, 15) is 4.79 Å². The van der Waals surface area contributed by atoms with E-state index >= 15 is 0 Å². The van der Waals surface area contributed by atoms with Crippen LogP contribution in [-0.4, -0.2) is 23.0 Å². The number of hydrogen-bond acceptors (Lipinski definition) is 5. The maximum Gasteiger partial charge on any atom is 0.230 e. The summed E-state index contributed by atoms with van der Waals surface area (Å²) in [6.45, 7) is 1.47. The summed E-state index contributed by atoms with van der Waals surface area (Å²) < 4.78 is 5.02. The minimum Gasteiger partial charge on any atom is -0.481 e. The monoisotopic (exact) mass is 258 g/mol. The fourth-order valence-electron chi connectivity index (χ4n) is 1.49. The van der Waals surface area contributed by atoms with Gasteiger partial charge in [0, 0.05) is 30.6 Å². The largest absolute Gasteiger partial charge is 0.481 e. The molecule has 0 bridgehead atoms. The van der Waals surface area contributed by atoms with Crippen LogP contribution in [0.4, 0.5) is 17.3 Å². The highest BCUT2D eigenvalue weighted by molar-refractivity contribution is 5.88. The molecule has 6 heteroatoms. The standard InChI is InChI=1S/C13H14N4O2/c1-9(18)15-10-3-5-11(6-4-10)16-13-14-8-7-12(17-13)19-2/h3-8H,1-2H3,(H,15,18)(H,14,16,17). The first-order valence-corrected chi connectivity index (χ1v) is 5.69. The fourth-order valence-corrected chi connectivity index (χ4v) is 1.49. The van der Waals surface area contributed by atoms with Gasteiger partial charge >= 0.3 is 0 Å². The highest BCUT2D eigenvalue weighted by Crippen LogP contribution is 2.17. The van der Waals surface area contributed by atoms with Crippen molar-refractivity contribution in [2.75, 3.05) is 17.7 Å². The Hall–Kier alpha value is -2.63. The normalized spacial score (nSPS) is 9.79. The van der Waals surface area contributed by atoms with Crippen molar-refractivity contribution in [3.05, 3.63) is 36.5 Å². The number of aromatic nitrogens is 2. The molecule has 0 atom stereocenters. The zero-order valence-corrected chi connectivity index (χ0v) is 10.7. The highest BCUT2D eigenvalue weighted by Gasteiger charge is 2.00. The molecular formula is C13H14N4O2. The van der Waals surface area contributed by atoms with E-state index in [-0.39, 0.29) is 5.91 Å². The lowest BCUT2D eigenvalue weighted by atomic mass is 10.3. The van der Waals surface area contributed by atoms with Gasteiger partial charge < -0.3 is 15.4 Å². The molecule has 1 aromatic carbocycles. The number of nitrogens with one attached hydrogen (secondary N) is 2. The molecule has 2 rings (SSSR count). The third kappa shape index (κ3) is 3.67. The van der Waals surface area contributed by atoms with Crippen molar-refractivity contribution in [3.8, 4) is 5.88 Å². The molecule has 1 aromatic heterocycles. The number of nitrogens with zero attached hydrogens (tertiary/aromatic N) is 2. The Morgan fingerprint density at radius 3 is 2.47 bits per heavy atom. The number of amides is 1. The molecule has 0 radical (unpaired) electrons. The molecule has 0 aliphatic heterocycles. The van der Waals surface area contributed by atoms with E-state index in [2.05, 4.69) is 20.6 Å². The average Bonchev–Trinajstić information content (AvgIpc) is 2.41. The van der Waals surface area contributed by atoms with Gasteiger partial charge in [0.2, 0.25) is 17.7 Å². The molecule has 19 heavy (non-hydrogen) atoms. The topological polar surface area (TPSA) is 76.1 Å². The summed E-state index contributed by atoms with van der Waals surface area (Å²) in [6, 6.07) is 8.92. The van der Waals surface area contributed by atoms with Crippen LogP contribution in [0.25, 0.3) is 0 Å². The van der Waals surface area contributed by atoms with E-state index in [1.54, 1.807) is 31.5 Å². The molecule has 0 unspecified atom stereocenters. The van der Waals surface area contributed by atoms with Crippen molar-refractivity contribution in [3.63, 3.8) is 0 Å². The smallest absolute Gasteiger partial charge is 0.230 e. The molecule has 98 valence electrons. The van der Waals surface area contributed by atoms with Crippen molar-refractivity contribution in [2.45, 2.75) is 6.92 Å². The van der Waals surface area contributed by atoms with E-state index in [4.69, 9.17) is 4.74 Å². The first-order valence-electron chi connectivity index (χ1n) is 5.69. The van der Waals surface area contributed by atoms with Crippen LogP contribution in [0.5, 0.6) is 5.88 Å². The minimum absolute atomic E-state index is 0.100. The van der Waals surface area contributed by atoms with Crippen LogP contribution < -0.4 is 15.4 Å². The molecule has 0 spiro atoms. The second-order valence-corrected chi connectivity index (χ2v) is 3.81. The Balaban J connectivity index is 2.08. The van der Waals surface area contributed by atoms with E-state index in [0.717, 1.165) is 11.4 Å². The van der Waals surface area contributed by atoms with Gasteiger partial charge in [-0.2, -0.15) is 4.98 Å². The zero-order chi connectivity index (χ0) is 13.7. The van der Waals surface area contributed by atoms with Gasteiger partial charge in [-0.25, -0.2) is 4.98 Å². The number of anilines is 3. The van der Waals surface area contributed by atoms with Crippen molar-refractivity contribution < 1.29 is 9.53 Å². The number of hydrogen-bond donors (Lipinski definition) is 2. The molecule has 0 aliphatic rings. The predicted molar refractivity (Wildman–Crippen MR) is 72.6 cm³/mol. The second kappa shape index (κ2) is 5.81. The maximum absolute atomic E-state index is 10.9. The molecule has 1 heterocycles. The van der Waals surface area contributed by atoms with E-state index in [1.165, 1.54) is 6.92 Å². The summed E-state index contributed by atoms with van der Waals surface area (Å²) in [6.07, 6.45) is 1.61. The summed E-state index contributed by atoms with van der Waals surface area (Å²) in [4.78, 5) is 19.1. The number of carbonyl (C=O) groups is 1. The number of rotatable bonds is 4. The lowest BCUT2D eigenvalue weighted by Gasteiger charge is -2.07. The van der Waals surface area contributed by atoms with Gasteiger partial charge in [-0.05, 0) is 24.3 Å². The molecule has 0 saturated heterocycles. The lowest BCUT2D eigenvalue weighted by molar-refractivity contribution is -0.114. The summed E-state index contributed by atoms with van der Waals surface area (Å²) in [5.41, 5.74) is 1.56. The summed E-state index contributed by atoms with van der Waals surface area (Å²) in [7, 11) is 1.55. The van der Waals surface area contributed by atoms with Crippen LogP contribution in [0.3, 0.4) is 0 Å². The van der Waals surface area contributed by atoms with Crippen LogP contribution in [0.1, 0.15) is 6.92 Å². The third-order valence-electron chi connectivity index (χ3n) is 2.30. The maximum atomic E-state index is 10.9. The van der Waals surface area contributed by atoms with Crippen LogP contribution in [-0.2, 0) is 4.79 Å². The Bertz CT molecular complexity index is 569. The van der Waals surface area contributed by atoms with Crippen molar-refractivity contribution in [1.29, 1.82) is 0 Å². The van der Waals surface area contributed by atoms with Gasteiger partial charge in [-0.1, -0.05) is 0 Å². The van der Waals surface area contributed by atoms with Gasteiger partial charge in [-0.15, -0.1) is 0 Å². The van der Waals surface area contributed by atoms with Crippen molar-refractivity contribution in [1.82, 2.24) is 9.97 Å². The molecular weight excluding hydrogens is 244 g/mol. The molecule has 0 saturated carbocycles. The van der Waals surface area contributed by atoms with Gasteiger partial charge in [0.05, 0.1) is 7.11 Å². The molecule has 0 fully saturated rings. The van der Waals surface area contributed by atoms with Gasteiger partial charge in [-0.3, -0.25) is 4.79 Å². The minimum atomic E-state index is -0.100. The van der Waals surface area contributed by atoms with E-state index < -0.39 is 0 Å². The number of methoxy groups -OCH3 is 1. The molecule has 0 aliphatic carbocycles.